The number of aromatic nitrogens is 2. The summed E-state index contributed by atoms with van der Waals surface area (Å²) in [6.07, 6.45) is 0. The molecule has 3 aromatic rings. The molecule has 3 rings (SSSR count). The molecule has 0 bridgehead atoms. The predicted octanol–water partition coefficient (Wildman–Crippen LogP) is 3.62. The highest BCUT2D eigenvalue weighted by Gasteiger charge is 2.05. The molecule has 92 valence electrons. The Kier molecular flexibility index (Phi) is 2.86. The van der Waals surface area contributed by atoms with Gasteiger partial charge in [-0.05, 0) is 37.3 Å². The molecule has 0 saturated carbocycles. The highest BCUT2D eigenvalue weighted by molar-refractivity contribution is 7.16. The normalized spacial score (nSPS) is 10.3. The van der Waals surface area contributed by atoms with Crippen LogP contribution >= 0.6 is 11.3 Å². The van der Waals surface area contributed by atoms with Crippen LogP contribution in [-0.4, -0.2) is 9.97 Å². The lowest BCUT2D eigenvalue weighted by molar-refractivity contribution is 1.19. The second-order valence-corrected chi connectivity index (χ2v) is 5.01. The van der Waals surface area contributed by atoms with E-state index in [1.54, 1.807) is 17.4 Å². The number of pyridine rings is 1. The van der Waals surface area contributed by atoms with Crippen LogP contribution in [0.5, 0.6) is 0 Å². The van der Waals surface area contributed by atoms with Gasteiger partial charge in [0.05, 0.1) is 21.3 Å². The zero-order valence-electron chi connectivity index (χ0n) is 10.2. The number of anilines is 2. The second kappa shape index (κ2) is 4.67. The van der Waals surface area contributed by atoms with E-state index < -0.39 is 0 Å². The molecule has 1 aromatic carbocycles. The third kappa shape index (κ3) is 2.26. The van der Waals surface area contributed by atoms with Crippen LogP contribution in [0.4, 0.5) is 11.5 Å². The molecule has 2 aromatic heterocycles. The molecule has 5 heteroatoms. The van der Waals surface area contributed by atoms with Gasteiger partial charge in [-0.25, -0.2) is 9.97 Å². The Morgan fingerprint density at radius 1 is 1.26 bits per heavy atom. The summed E-state index contributed by atoms with van der Waals surface area (Å²) in [6, 6.07) is 11.6. The number of fused-ring (bicyclic) bond motifs is 1. The monoisotopic (exact) mass is 266 g/mol. The van der Waals surface area contributed by atoms with Crippen LogP contribution in [0.25, 0.3) is 10.2 Å². The zero-order chi connectivity index (χ0) is 13.2. The number of aryl methyl sites for hydroxylation is 1. The van der Waals surface area contributed by atoms with E-state index >= 15 is 0 Å². The highest BCUT2D eigenvalue weighted by atomic mass is 32.1. The minimum Gasteiger partial charge on any atom is -0.339 e. The molecule has 0 aliphatic rings. The number of hydrogen-bond acceptors (Lipinski definition) is 5. The van der Waals surface area contributed by atoms with Gasteiger partial charge in [-0.3, -0.25) is 0 Å². The van der Waals surface area contributed by atoms with Crippen molar-refractivity contribution in [2.45, 2.75) is 6.92 Å². The number of nitrogens with one attached hydrogen (secondary N) is 1. The smallest absolute Gasteiger partial charge is 0.148 e. The Balaban J connectivity index is 2.00. The van der Waals surface area contributed by atoms with Gasteiger partial charge >= 0.3 is 0 Å². The van der Waals surface area contributed by atoms with Gasteiger partial charge in [0, 0.05) is 11.4 Å². The molecule has 0 aliphatic heterocycles. The number of nitrogens with zero attached hydrogens (tertiary/aromatic N) is 3. The first-order valence-electron chi connectivity index (χ1n) is 5.74. The van der Waals surface area contributed by atoms with Crippen molar-refractivity contribution in [3.8, 4) is 6.07 Å². The van der Waals surface area contributed by atoms with Crippen molar-refractivity contribution in [3.63, 3.8) is 0 Å². The maximum absolute atomic E-state index is 9.09. The molecule has 0 aliphatic carbocycles. The maximum Gasteiger partial charge on any atom is 0.148 e. The largest absolute Gasteiger partial charge is 0.339 e. The Morgan fingerprint density at radius 3 is 3.00 bits per heavy atom. The lowest BCUT2D eigenvalue weighted by atomic mass is 10.2. The maximum atomic E-state index is 9.09. The highest BCUT2D eigenvalue weighted by Crippen LogP contribution is 2.25. The lowest BCUT2D eigenvalue weighted by Crippen LogP contribution is -1.98. The fourth-order valence-corrected chi connectivity index (χ4v) is 2.53. The molecule has 4 nitrogen and oxygen atoms in total. The summed E-state index contributed by atoms with van der Waals surface area (Å²) < 4.78 is 1.11. The van der Waals surface area contributed by atoms with Crippen LogP contribution in [0.2, 0.25) is 0 Å². The molecule has 0 amide bonds. The van der Waals surface area contributed by atoms with Gasteiger partial charge < -0.3 is 5.32 Å². The molecular weight excluding hydrogens is 256 g/mol. The number of benzene rings is 1. The van der Waals surface area contributed by atoms with E-state index in [0.29, 0.717) is 11.4 Å². The molecular formula is C14H10N4S. The van der Waals surface area contributed by atoms with E-state index in [9.17, 15) is 0 Å². The molecule has 19 heavy (non-hydrogen) atoms. The second-order valence-electron chi connectivity index (χ2n) is 4.12. The molecule has 0 radical (unpaired) electrons. The van der Waals surface area contributed by atoms with Gasteiger partial charge in [0.25, 0.3) is 0 Å². The van der Waals surface area contributed by atoms with E-state index in [1.807, 2.05) is 36.7 Å². The minimum atomic E-state index is 0.537. The van der Waals surface area contributed by atoms with Crippen LogP contribution in [0.15, 0.2) is 35.8 Å². The SMILES string of the molecule is Cc1ccc(C#N)c(Nc2ccc3ncsc3c2)n1. The molecule has 0 fully saturated rings. The summed E-state index contributed by atoms with van der Waals surface area (Å²) in [5.74, 6) is 0.589. The number of thiazole rings is 1. The minimum absolute atomic E-state index is 0.537. The Bertz CT molecular complexity index is 785. The van der Waals surface area contributed by atoms with Crippen molar-refractivity contribution in [1.82, 2.24) is 9.97 Å². The van der Waals surface area contributed by atoms with Gasteiger partial charge in [0.15, 0.2) is 0 Å². The average Bonchev–Trinajstić information content (AvgIpc) is 2.86. The van der Waals surface area contributed by atoms with E-state index in [-0.39, 0.29) is 0 Å². The quantitative estimate of drug-likeness (QED) is 0.769. The van der Waals surface area contributed by atoms with Gasteiger partial charge in [-0.2, -0.15) is 5.26 Å². The third-order valence-corrected chi connectivity index (χ3v) is 3.54. The average molecular weight is 266 g/mol. The Morgan fingerprint density at radius 2 is 2.16 bits per heavy atom. The lowest BCUT2D eigenvalue weighted by Gasteiger charge is -2.08. The fraction of sp³-hybridized carbons (Fsp3) is 0.0714. The first-order valence-corrected chi connectivity index (χ1v) is 6.62. The van der Waals surface area contributed by atoms with Gasteiger partial charge in [-0.15, -0.1) is 11.3 Å². The first-order chi connectivity index (χ1) is 9.26. The summed E-state index contributed by atoms with van der Waals surface area (Å²) in [5, 5.41) is 12.3. The fourth-order valence-electron chi connectivity index (χ4n) is 1.81. The summed E-state index contributed by atoms with van der Waals surface area (Å²) in [4.78, 5) is 8.60. The molecule has 1 N–H and O–H groups in total. The standard InChI is InChI=1S/C14H10N4S/c1-9-2-3-10(7-15)14(17-9)18-11-4-5-12-13(6-11)19-8-16-12/h2-6,8H,1H3,(H,17,18). The van der Waals surface area contributed by atoms with E-state index in [0.717, 1.165) is 21.6 Å². The van der Waals surface area contributed by atoms with Crippen molar-refractivity contribution >= 4 is 33.1 Å². The van der Waals surface area contributed by atoms with E-state index in [4.69, 9.17) is 5.26 Å². The Labute approximate surface area is 114 Å². The topological polar surface area (TPSA) is 61.6 Å². The van der Waals surface area contributed by atoms with Crippen LogP contribution in [0.1, 0.15) is 11.3 Å². The van der Waals surface area contributed by atoms with Gasteiger partial charge in [0.1, 0.15) is 11.9 Å². The predicted molar refractivity (Wildman–Crippen MR) is 76.6 cm³/mol. The number of nitriles is 1. The van der Waals surface area contributed by atoms with Crippen LogP contribution in [0, 0.1) is 18.3 Å². The van der Waals surface area contributed by atoms with Crippen LogP contribution in [0.3, 0.4) is 0 Å². The molecule has 0 saturated heterocycles. The van der Waals surface area contributed by atoms with Crippen molar-refractivity contribution in [2.24, 2.45) is 0 Å². The first kappa shape index (κ1) is 11.6. The molecule has 0 atom stereocenters. The summed E-state index contributed by atoms with van der Waals surface area (Å²) in [6.45, 7) is 1.90. The molecule has 0 unspecified atom stereocenters. The third-order valence-electron chi connectivity index (χ3n) is 2.75. The van der Waals surface area contributed by atoms with Gasteiger partial charge in [0.2, 0.25) is 0 Å². The van der Waals surface area contributed by atoms with E-state index in [1.165, 1.54) is 0 Å². The summed E-state index contributed by atoms with van der Waals surface area (Å²) in [5.41, 5.74) is 5.12. The van der Waals surface area contributed by atoms with Crippen molar-refractivity contribution in [2.75, 3.05) is 5.32 Å². The van der Waals surface area contributed by atoms with Crippen LogP contribution < -0.4 is 5.32 Å². The Hall–Kier alpha value is -2.45. The number of rotatable bonds is 2. The molecule has 0 spiro atoms. The van der Waals surface area contributed by atoms with Crippen LogP contribution in [-0.2, 0) is 0 Å². The van der Waals surface area contributed by atoms with Gasteiger partial charge in [-0.1, -0.05) is 0 Å². The molecule has 2 heterocycles. The zero-order valence-corrected chi connectivity index (χ0v) is 11.0. The summed E-state index contributed by atoms with van der Waals surface area (Å²) in [7, 11) is 0. The van der Waals surface area contributed by atoms with E-state index in [2.05, 4.69) is 21.4 Å². The number of hydrogen-bond donors (Lipinski definition) is 1. The van der Waals surface area contributed by atoms with Crippen molar-refractivity contribution < 1.29 is 0 Å². The van der Waals surface area contributed by atoms with Crippen molar-refractivity contribution in [1.29, 1.82) is 5.26 Å². The van der Waals surface area contributed by atoms with Crippen molar-refractivity contribution in [3.05, 3.63) is 47.1 Å². The summed E-state index contributed by atoms with van der Waals surface area (Å²) >= 11 is 1.59.